The first-order valence-electron chi connectivity index (χ1n) is 10.3. The molecule has 1 saturated heterocycles. The summed E-state index contributed by atoms with van der Waals surface area (Å²) in [6, 6.07) is 18.2. The highest BCUT2D eigenvalue weighted by molar-refractivity contribution is 5.78. The standard InChI is InChI=1S/C23H29FN4/c24-20-8-4-7-18(13-20)19-14-22(15-19)27-23(25)26-21-9-11-28(12-10-21)16-17-5-2-1-3-6-17/h1-8,13,19,21-22H,9-12,14-16H2,(H3,25,26,27). The Morgan fingerprint density at radius 1 is 1.07 bits per heavy atom. The molecule has 4 rings (SSSR count). The summed E-state index contributed by atoms with van der Waals surface area (Å²) in [5.41, 5.74) is 8.59. The third-order valence-corrected chi connectivity index (χ3v) is 5.94. The maximum absolute atomic E-state index is 13.3. The first-order chi connectivity index (χ1) is 13.7. The van der Waals surface area contributed by atoms with Crippen LogP contribution in [0.2, 0.25) is 0 Å². The fourth-order valence-corrected chi connectivity index (χ4v) is 4.26. The second-order valence-corrected chi connectivity index (χ2v) is 8.07. The highest BCUT2D eigenvalue weighted by atomic mass is 19.1. The van der Waals surface area contributed by atoms with Gasteiger partial charge in [0.15, 0.2) is 5.96 Å². The van der Waals surface area contributed by atoms with Gasteiger partial charge in [-0.15, -0.1) is 0 Å². The minimum atomic E-state index is -0.159. The zero-order chi connectivity index (χ0) is 19.3. The number of aliphatic imine (C=N–C) groups is 1. The average Bonchev–Trinajstić information content (AvgIpc) is 2.67. The summed E-state index contributed by atoms with van der Waals surface area (Å²) >= 11 is 0. The molecule has 2 aliphatic rings. The van der Waals surface area contributed by atoms with Crippen molar-refractivity contribution in [3.05, 3.63) is 71.5 Å². The Morgan fingerprint density at radius 3 is 2.54 bits per heavy atom. The van der Waals surface area contributed by atoms with Gasteiger partial charge in [-0.3, -0.25) is 9.89 Å². The fraction of sp³-hybridized carbons (Fsp3) is 0.435. The molecule has 0 amide bonds. The summed E-state index contributed by atoms with van der Waals surface area (Å²) < 4.78 is 13.3. The van der Waals surface area contributed by atoms with Crippen molar-refractivity contribution in [1.29, 1.82) is 0 Å². The summed E-state index contributed by atoms with van der Waals surface area (Å²) in [5, 5.41) is 3.35. The molecule has 1 aliphatic carbocycles. The molecule has 0 spiro atoms. The van der Waals surface area contributed by atoms with E-state index in [9.17, 15) is 4.39 Å². The number of benzene rings is 2. The van der Waals surface area contributed by atoms with Crippen LogP contribution in [0.25, 0.3) is 0 Å². The van der Waals surface area contributed by atoms with Gasteiger partial charge in [0.1, 0.15) is 5.82 Å². The molecule has 0 atom stereocenters. The number of nitrogens with zero attached hydrogens (tertiary/aromatic N) is 2. The Balaban J connectivity index is 1.19. The fourth-order valence-electron chi connectivity index (χ4n) is 4.26. The molecular formula is C23H29FN4. The molecule has 0 aromatic heterocycles. The number of likely N-dealkylation sites (tertiary alicyclic amines) is 1. The maximum atomic E-state index is 13.3. The van der Waals surface area contributed by atoms with Crippen LogP contribution in [-0.2, 0) is 6.54 Å². The normalized spacial score (nSPS) is 24.0. The van der Waals surface area contributed by atoms with Crippen molar-refractivity contribution in [2.45, 2.75) is 50.2 Å². The summed E-state index contributed by atoms with van der Waals surface area (Å²) in [5.74, 6) is 0.819. The van der Waals surface area contributed by atoms with Gasteiger partial charge in [0, 0.05) is 25.7 Å². The van der Waals surface area contributed by atoms with Crippen LogP contribution in [0.1, 0.15) is 42.7 Å². The number of hydrogen-bond donors (Lipinski definition) is 2. The molecule has 1 heterocycles. The van der Waals surface area contributed by atoms with Gasteiger partial charge in [0.2, 0.25) is 0 Å². The lowest BCUT2D eigenvalue weighted by atomic mass is 9.76. The Bertz CT molecular complexity index is 793. The van der Waals surface area contributed by atoms with Crippen LogP contribution in [0.15, 0.2) is 59.6 Å². The van der Waals surface area contributed by atoms with E-state index in [0.717, 1.165) is 50.9 Å². The van der Waals surface area contributed by atoms with E-state index in [0.29, 0.717) is 24.0 Å². The lowest BCUT2D eigenvalue weighted by Crippen LogP contribution is -2.47. The predicted octanol–water partition coefficient (Wildman–Crippen LogP) is 3.64. The van der Waals surface area contributed by atoms with Crippen LogP contribution >= 0.6 is 0 Å². The van der Waals surface area contributed by atoms with Gasteiger partial charge >= 0.3 is 0 Å². The van der Waals surface area contributed by atoms with Gasteiger partial charge in [-0.25, -0.2) is 4.39 Å². The molecule has 2 fully saturated rings. The van der Waals surface area contributed by atoms with Crippen molar-refractivity contribution in [3.63, 3.8) is 0 Å². The van der Waals surface area contributed by atoms with Crippen LogP contribution in [0.5, 0.6) is 0 Å². The monoisotopic (exact) mass is 380 g/mol. The van der Waals surface area contributed by atoms with Crippen molar-refractivity contribution >= 4 is 5.96 Å². The molecule has 4 nitrogen and oxygen atoms in total. The highest BCUT2D eigenvalue weighted by Crippen LogP contribution is 2.36. The third-order valence-electron chi connectivity index (χ3n) is 5.94. The Labute approximate surface area is 166 Å². The number of rotatable bonds is 5. The van der Waals surface area contributed by atoms with Gasteiger partial charge in [0.05, 0.1) is 6.04 Å². The Kier molecular flexibility index (Phi) is 5.91. The number of guanidine groups is 1. The number of hydrogen-bond acceptors (Lipinski definition) is 2. The largest absolute Gasteiger partial charge is 0.370 e. The van der Waals surface area contributed by atoms with Crippen molar-refractivity contribution in [2.24, 2.45) is 10.7 Å². The van der Waals surface area contributed by atoms with Gasteiger partial charge in [0.25, 0.3) is 0 Å². The van der Waals surface area contributed by atoms with Crippen molar-refractivity contribution in [2.75, 3.05) is 13.1 Å². The zero-order valence-electron chi connectivity index (χ0n) is 16.2. The van der Waals surface area contributed by atoms with E-state index in [4.69, 9.17) is 10.7 Å². The first-order valence-corrected chi connectivity index (χ1v) is 10.3. The quantitative estimate of drug-likeness (QED) is 0.615. The molecule has 5 heteroatoms. The minimum Gasteiger partial charge on any atom is -0.370 e. The van der Waals surface area contributed by atoms with Gasteiger partial charge in [-0.1, -0.05) is 42.5 Å². The smallest absolute Gasteiger partial charge is 0.189 e. The summed E-state index contributed by atoms with van der Waals surface area (Å²) in [4.78, 5) is 7.19. The molecule has 148 valence electrons. The van der Waals surface area contributed by atoms with E-state index in [2.05, 4.69) is 40.5 Å². The molecule has 0 unspecified atom stereocenters. The molecule has 2 aromatic rings. The van der Waals surface area contributed by atoms with Gasteiger partial charge in [-0.2, -0.15) is 0 Å². The van der Waals surface area contributed by atoms with Crippen LogP contribution in [0, 0.1) is 5.82 Å². The summed E-state index contributed by atoms with van der Waals surface area (Å²) in [6.45, 7) is 3.12. The minimum absolute atomic E-state index is 0.159. The highest BCUT2D eigenvalue weighted by Gasteiger charge is 2.31. The van der Waals surface area contributed by atoms with E-state index in [1.165, 1.54) is 11.6 Å². The molecule has 1 saturated carbocycles. The second-order valence-electron chi connectivity index (χ2n) is 8.07. The Morgan fingerprint density at radius 2 is 1.82 bits per heavy atom. The lowest BCUT2D eigenvalue weighted by molar-refractivity contribution is 0.206. The number of piperidine rings is 1. The Hall–Kier alpha value is -2.40. The SMILES string of the molecule is NC(=NC1CCN(Cc2ccccc2)CC1)NC1CC(c2cccc(F)c2)C1. The maximum Gasteiger partial charge on any atom is 0.189 e. The molecule has 3 N–H and O–H groups in total. The van der Waals surface area contributed by atoms with Crippen LogP contribution in [0.3, 0.4) is 0 Å². The molecule has 1 aliphatic heterocycles. The predicted molar refractivity (Wildman–Crippen MR) is 112 cm³/mol. The zero-order valence-corrected chi connectivity index (χ0v) is 16.2. The molecule has 2 aromatic carbocycles. The second kappa shape index (κ2) is 8.74. The summed E-state index contributed by atoms with van der Waals surface area (Å²) in [7, 11) is 0. The van der Waals surface area contributed by atoms with Gasteiger partial charge < -0.3 is 11.1 Å². The number of nitrogens with two attached hydrogens (primary N) is 1. The van der Waals surface area contributed by atoms with E-state index in [-0.39, 0.29) is 5.82 Å². The summed E-state index contributed by atoms with van der Waals surface area (Å²) in [6.07, 6.45) is 4.06. The number of nitrogens with one attached hydrogen (secondary N) is 1. The van der Waals surface area contributed by atoms with Crippen LogP contribution in [-0.4, -0.2) is 36.0 Å². The van der Waals surface area contributed by atoms with Crippen molar-refractivity contribution < 1.29 is 4.39 Å². The van der Waals surface area contributed by atoms with Crippen molar-refractivity contribution in [3.8, 4) is 0 Å². The van der Waals surface area contributed by atoms with E-state index < -0.39 is 0 Å². The van der Waals surface area contributed by atoms with E-state index >= 15 is 0 Å². The third kappa shape index (κ3) is 4.90. The molecule has 28 heavy (non-hydrogen) atoms. The van der Waals surface area contributed by atoms with Gasteiger partial charge in [-0.05, 0) is 54.9 Å². The lowest BCUT2D eigenvalue weighted by Gasteiger charge is -2.37. The van der Waals surface area contributed by atoms with Crippen molar-refractivity contribution in [1.82, 2.24) is 10.2 Å². The van der Waals surface area contributed by atoms with E-state index in [1.54, 1.807) is 12.1 Å². The van der Waals surface area contributed by atoms with E-state index in [1.807, 2.05) is 6.07 Å². The molecule has 0 bridgehead atoms. The molecule has 0 radical (unpaired) electrons. The first kappa shape index (κ1) is 18.9. The molecular weight excluding hydrogens is 351 g/mol. The number of halogens is 1. The topological polar surface area (TPSA) is 53.6 Å². The average molecular weight is 381 g/mol. The van der Waals surface area contributed by atoms with Crippen LogP contribution < -0.4 is 11.1 Å². The van der Waals surface area contributed by atoms with Crippen LogP contribution in [0.4, 0.5) is 4.39 Å².